The molecule has 2 fully saturated rings. The van der Waals surface area contributed by atoms with Crippen molar-refractivity contribution in [3.63, 3.8) is 0 Å². The molecule has 0 radical (unpaired) electrons. The predicted octanol–water partition coefficient (Wildman–Crippen LogP) is 4.68. The average molecular weight is 453 g/mol. The molecule has 146 valence electrons. The minimum absolute atomic E-state index is 0.563. The second-order valence-electron chi connectivity index (χ2n) is 7.02. The van der Waals surface area contributed by atoms with Gasteiger partial charge in [-0.2, -0.15) is 0 Å². The van der Waals surface area contributed by atoms with Crippen LogP contribution in [0.25, 0.3) is 0 Å². The lowest BCUT2D eigenvalue weighted by Gasteiger charge is -2.27. The van der Waals surface area contributed by atoms with Gasteiger partial charge in [-0.3, -0.25) is 4.57 Å². The number of hydrogen-bond acceptors (Lipinski definition) is 6. The lowest BCUT2D eigenvalue weighted by atomic mass is 10.1. The Hall–Kier alpha value is -1.41. The lowest BCUT2D eigenvalue weighted by molar-refractivity contribution is 0.354. The molecule has 27 heavy (non-hydrogen) atoms. The van der Waals surface area contributed by atoms with Crippen LogP contribution >= 0.6 is 27.7 Å². The molecule has 1 aromatic carbocycles. The van der Waals surface area contributed by atoms with Gasteiger partial charge in [0.15, 0.2) is 16.7 Å². The predicted molar refractivity (Wildman–Crippen MR) is 111 cm³/mol. The molecule has 0 bridgehead atoms. The molecule has 0 amide bonds. The highest BCUT2D eigenvalue weighted by Gasteiger charge is 2.32. The Balaban J connectivity index is 1.54. The Kier molecular flexibility index (Phi) is 5.82. The summed E-state index contributed by atoms with van der Waals surface area (Å²) in [6, 6.07) is 4.55. The van der Waals surface area contributed by atoms with Gasteiger partial charge in [-0.25, -0.2) is 0 Å². The zero-order chi connectivity index (χ0) is 18.8. The minimum Gasteiger partial charge on any atom is -0.493 e. The number of piperidine rings is 1. The van der Waals surface area contributed by atoms with Crippen LogP contribution in [-0.4, -0.2) is 42.1 Å². The summed E-state index contributed by atoms with van der Waals surface area (Å²) < 4.78 is 14.2. The van der Waals surface area contributed by atoms with Crippen LogP contribution in [0.15, 0.2) is 21.8 Å². The average Bonchev–Trinajstić information content (AvgIpc) is 3.46. The molecule has 0 N–H and O–H groups in total. The van der Waals surface area contributed by atoms with E-state index >= 15 is 0 Å². The summed E-state index contributed by atoms with van der Waals surface area (Å²) in [5, 5.41) is 10.1. The number of methoxy groups -OCH3 is 2. The second kappa shape index (κ2) is 8.31. The Labute approximate surface area is 172 Å². The fourth-order valence-corrected chi connectivity index (χ4v) is 5.12. The van der Waals surface area contributed by atoms with Gasteiger partial charge >= 0.3 is 0 Å². The maximum Gasteiger partial charge on any atom is 0.228 e. The third-order valence-electron chi connectivity index (χ3n) is 5.11. The smallest absolute Gasteiger partial charge is 0.228 e. The van der Waals surface area contributed by atoms with Crippen molar-refractivity contribution in [2.75, 3.05) is 32.2 Å². The first-order chi connectivity index (χ1) is 13.2. The summed E-state index contributed by atoms with van der Waals surface area (Å²) >= 11 is 5.39. The molecular formula is C19H25BrN4O2S. The minimum atomic E-state index is 0.563. The third kappa shape index (κ3) is 4.06. The van der Waals surface area contributed by atoms with Gasteiger partial charge in [0.05, 0.1) is 14.2 Å². The van der Waals surface area contributed by atoms with E-state index in [9.17, 15) is 0 Å². The van der Waals surface area contributed by atoms with E-state index in [0.29, 0.717) is 6.04 Å². The van der Waals surface area contributed by atoms with E-state index in [1.165, 1.54) is 32.1 Å². The van der Waals surface area contributed by atoms with Crippen molar-refractivity contribution < 1.29 is 9.47 Å². The van der Waals surface area contributed by atoms with Crippen molar-refractivity contribution in [1.82, 2.24) is 14.8 Å². The van der Waals surface area contributed by atoms with Gasteiger partial charge in [-0.05, 0) is 49.8 Å². The normalized spacial score (nSPS) is 17.2. The first-order valence-electron chi connectivity index (χ1n) is 9.44. The van der Waals surface area contributed by atoms with Gasteiger partial charge < -0.3 is 14.4 Å². The quantitative estimate of drug-likeness (QED) is 0.568. The van der Waals surface area contributed by atoms with Crippen molar-refractivity contribution in [2.24, 2.45) is 0 Å². The van der Waals surface area contributed by atoms with E-state index in [1.807, 2.05) is 12.1 Å². The van der Waals surface area contributed by atoms with Crippen LogP contribution in [0, 0.1) is 0 Å². The summed E-state index contributed by atoms with van der Waals surface area (Å²) in [6.07, 6.45) is 6.28. The molecule has 6 nitrogen and oxygen atoms in total. The van der Waals surface area contributed by atoms with Crippen LogP contribution in [-0.2, 0) is 5.75 Å². The molecule has 1 saturated carbocycles. The molecule has 2 aromatic rings. The molecule has 1 saturated heterocycles. The topological polar surface area (TPSA) is 52.4 Å². The van der Waals surface area contributed by atoms with Gasteiger partial charge in [0, 0.05) is 29.4 Å². The molecule has 1 aliphatic heterocycles. The fraction of sp³-hybridized carbons (Fsp3) is 0.579. The zero-order valence-corrected chi connectivity index (χ0v) is 18.2. The SMILES string of the molecule is COc1cc(Br)c(CSc2nnc(N3CCCCC3)n2C2CC2)cc1OC. The molecule has 4 rings (SSSR count). The van der Waals surface area contributed by atoms with Crippen LogP contribution in [0.5, 0.6) is 11.5 Å². The van der Waals surface area contributed by atoms with Gasteiger partial charge in [0.25, 0.3) is 0 Å². The number of rotatable bonds is 7. The number of nitrogens with zero attached hydrogens (tertiary/aromatic N) is 4. The Morgan fingerprint density at radius 3 is 2.44 bits per heavy atom. The summed E-state index contributed by atoms with van der Waals surface area (Å²) in [5.41, 5.74) is 1.16. The molecule has 1 aliphatic carbocycles. The molecule has 0 unspecified atom stereocenters. The van der Waals surface area contributed by atoms with Gasteiger partial charge in [0.1, 0.15) is 0 Å². The molecular weight excluding hydrogens is 428 g/mol. The van der Waals surface area contributed by atoms with Crippen LogP contribution < -0.4 is 14.4 Å². The molecule has 0 spiro atoms. The number of thioether (sulfide) groups is 1. The van der Waals surface area contributed by atoms with E-state index in [1.54, 1.807) is 26.0 Å². The highest BCUT2D eigenvalue weighted by molar-refractivity contribution is 9.10. The largest absolute Gasteiger partial charge is 0.493 e. The Bertz CT molecular complexity index is 803. The van der Waals surface area contributed by atoms with Gasteiger partial charge in [0.2, 0.25) is 5.95 Å². The number of aromatic nitrogens is 3. The van der Waals surface area contributed by atoms with Crippen LogP contribution in [0.2, 0.25) is 0 Å². The van der Waals surface area contributed by atoms with Crippen molar-refractivity contribution in [1.29, 1.82) is 0 Å². The number of halogens is 1. The van der Waals surface area contributed by atoms with Gasteiger partial charge in [-0.15, -0.1) is 10.2 Å². The lowest BCUT2D eigenvalue weighted by Crippen LogP contribution is -2.31. The summed E-state index contributed by atoms with van der Waals surface area (Å²) in [5.74, 6) is 3.33. The molecule has 2 heterocycles. The van der Waals surface area contributed by atoms with Crippen LogP contribution in [0.3, 0.4) is 0 Å². The monoisotopic (exact) mass is 452 g/mol. The number of ether oxygens (including phenoxy) is 2. The van der Waals surface area contributed by atoms with Crippen LogP contribution in [0.1, 0.15) is 43.7 Å². The highest BCUT2D eigenvalue weighted by atomic mass is 79.9. The molecule has 0 atom stereocenters. The standard InChI is InChI=1S/C19H25BrN4O2S/c1-25-16-10-13(15(20)11-17(16)26-2)12-27-19-22-21-18(24(19)14-6-7-14)23-8-4-3-5-9-23/h10-11,14H,3-9,12H2,1-2H3. The zero-order valence-electron chi connectivity index (χ0n) is 15.8. The second-order valence-corrected chi connectivity index (χ2v) is 8.82. The summed E-state index contributed by atoms with van der Waals surface area (Å²) in [6.45, 7) is 2.19. The first-order valence-corrected chi connectivity index (χ1v) is 11.2. The number of hydrogen-bond donors (Lipinski definition) is 0. The fourth-order valence-electron chi connectivity index (χ4n) is 3.48. The summed E-state index contributed by atoms with van der Waals surface area (Å²) in [4.78, 5) is 2.41. The Morgan fingerprint density at radius 1 is 1.07 bits per heavy atom. The number of anilines is 1. The Morgan fingerprint density at radius 2 is 1.78 bits per heavy atom. The van der Waals surface area contributed by atoms with E-state index in [4.69, 9.17) is 9.47 Å². The summed E-state index contributed by atoms with van der Waals surface area (Å²) in [7, 11) is 3.32. The van der Waals surface area contributed by atoms with Crippen molar-refractivity contribution >= 4 is 33.6 Å². The highest BCUT2D eigenvalue weighted by Crippen LogP contribution is 2.42. The van der Waals surface area contributed by atoms with E-state index in [0.717, 1.165) is 51.5 Å². The maximum atomic E-state index is 5.44. The van der Waals surface area contributed by atoms with Crippen molar-refractivity contribution in [3.8, 4) is 11.5 Å². The first kappa shape index (κ1) is 18.9. The van der Waals surface area contributed by atoms with Crippen molar-refractivity contribution in [3.05, 3.63) is 22.2 Å². The van der Waals surface area contributed by atoms with Crippen LogP contribution in [0.4, 0.5) is 5.95 Å². The molecule has 8 heteroatoms. The van der Waals surface area contributed by atoms with E-state index < -0.39 is 0 Å². The number of benzene rings is 1. The van der Waals surface area contributed by atoms with E-state index in [-0.39, 0.29) is 0 Å². The third-order valence-corrected chi connectivity index (χ3v) is 6.84. The molecule has 2 aliphatic rings. The van der Waals surface area contributed by atoms with Gasteiger partial charge in [-0.1, -0.05) is 27.7 Å². The maximum absolute atomic E-state index is 5.44. The van der Waals surface area contributed by atoms with Crippen molar-refractivity contribution in [2.45, 2.75) is 49.1 Å². The van der Waals surface area contributed by atoms with E-state index in [2.05, 4.69) is 35.6 Å². The molecule has 1 aromatic heterocycles.